The minimum Gasteiger partial charge on any atom is -0.258 e. The molecule has 0 heterocycles. The predicted molar refractivity (Wildman–Crippen MR) is 62.8 cm³/mol. The van der Waals surface area contributed by atoms with Crippen LogP contribution in [0.4, 0.5) is 62.8 Å². The van der Waals surface area contributed by atoms with Gasteiger partial charge in [-0.05, 0) is 0 Å². The Hall–Kier alpha value is -2.29. The molecule has 1 rings (SSSR count). The zero-order chi connectivity index (χ0) is 22.6. The van der Waals surface area contributed by atoms with E-state index in [0.29, 0.717) is 6.07 Å². The summed E-state index contributed by atoms with van der Waals surface area (Å²) in [6.45, 7) is 0. The highest BCUT2D eigenvalue weighted by atomic mass is 19.4. The molecule has 0 N–H and O–H groups in total. The molecule has 3 nitrogen and oxygen atoms in total. The quantitative estimate of drug-likeness (QED) is 0.319. The zero-order valence-corrected chi connectivity index (χ0v) is 12.5. The Balaban J connectivity index is 3.62. The summed E-state index contributed by atoms with van der Waals surface area (Å²) < 4.78 is 169. The van der Waals surface area contributed by atoms with Crippen LogP contribution in [-0.2, 0) is 5.92 Å². The van der Waals surface area contributed by atoms with E-state index in [9.17, 15) is 67.2 Å². The highest BCUT2D eigenvalue weighted by Gasteiger charge is 2.90. The molecule has 0 aliphatic rings. The minimum atomic E-state index is -8.02. The van der Waals surface area contributed by atoms with Gasteiger partial charge in [0.05, 0.1) is 4.92 Å². The molecular formula is C12H4F13NO2. The zero-order valence-electron chi connectivity index (χ0n) is 12.5. The van der Waals surface area contributed by atoms with Crippen molar-refractivity contribution in [3.8, 4) is 0 Å². The maximum atomic E-state index is 13.8. The third-order valence-corrected chi connectivity index (χ3v) is 3.35. The van der Waals surface area contributed by atoms with Crippen LogP contribution in [0.5, 0.6) is 0 Å². The number of rotatable bonds is 6. The normalized spacial score (nSPS) is 14.9. The summed E-state index contributed by atoms with van der Waals surface area (Å²) in [4.78, 5) is 8.92. The molecule has 0 bridgehead atoms. The minimum absolute atomic E-state index is 0.183. The molecule has 1 aromatic rings. The molecule has 0 aliphatic heterocycles. The summed E-state index contributed by atoms with van der Waals surface area (Å²) in [6.07, 6.45) is -7.50. The van der Waals surface area contributed by atoms with Crippen molar-refractivity contribution in [2.75, 3.05) is 0 Å². The highest BCUT2D eigenvalue weighted by molar-refractivity contribution is 5.38. The largest absolute Gasteiger partial charge is 0.460 e. The lowest BCUT2D eigenvalue weighted by Gasteiger charge is -2.39. The topological polar surface area (TPSA) is 43.1 Å². The summed E-state index contributed by atoms with van der Waals surface area (Å²) in [5.74, 6) is -37.9. The first kappa shape index (κ1) is 23.7. The van der Waals surface area contributed by atoms with E-state index in [0.717, 1.165) is 0 Å². The Kier molecular flexibility index (Phi) is 5.40. The van der Waals surface area contributed by atoms with E-state index in [1.165, 1.54) is 0 Å². The molecule has 0 amide bonds. The van der Waals surface area contributed by atoms with Crippen molar-refractivity contribution in [1.82, 2.24) is 0 Å². The monoisotopic (exact) mass is 441 g/mol. The molecule has 28 heavy (non-hydrogen) atoms. The van der Waals surface area contributed by atoms with Crippen LogP contribution in [0.2, 0.25) is 0 Å². The number of benzene rings is 1. The number of nitro groups is 1. The molecule has 0 aliphatic carbocycles. The van der Waals surface area contributed by atoms with Gasteiger partial charge in [-0.15, -0.1) is 0 Å². The Morgan fingerprint density at radius 3 is 1.50 bits per heavy atom. The van der Waals surface area contributed by atoms with Crippen molar-refractivity contribution >= 4 is 5.69 Å². The number of nitro benzene ring substituents is 1. The van der Waals surface area contributed by atoms with E-state index in [1.54, 1.807) is 0 Å². The van der Waals surface area contributed by atoms with Crippen LogP contribution < -0.4 is 0 Å². The molecule has 0 saturated heterocycles. The molecule has 0 saturated carbocycles. The third-order valence-electron chi connectivity index (χ3n) is 3.35. The van der Waals surface area contributed by atoms with Gasteiger partial charge in [0.1, 0.15) is 0 Å². The first-order valence-electron chi connectivity index (χ1n) is 6.37. The summed E-state index contributed by atoms with van der Waals surface area (Å²) in [5, 5.41) is 10.4. The van der Waals surface area contributed by atoms with Crippen molar-refractivity contribution in [3.05, 3.63) is 39.9 Å². The van der Waals surface area contributed by atoms with Gasteiger partial charge in [0.15, 0.2) is 0 Å². The van der Waals surface area contributed by atoms with Crippen molar-refractivity contribution in [2.45, 2.75) is 35.8 Å². The Morgan fingerprint density at radius 1 is 0.679 bits per heavy atom. The van der Waals surface area contributed by atoms with Gasteiger partial charge in [0.2, 0.25) is 0 Å². The first-order valence-corrected chi connectivity index (χ1v) is 6.37. The summed E-state index contributed by atoms with van der Waals surface area (Å²) in [6, 6.07) is -0.0264. The van der Waals surface area contributed by atoms with Crippen molar-refractivity contribution in [3.63, 3.8) is 0 Å². The fraction of sp³-hybridized carbons (Fsp3) is 0.500. The first-order chi connectivity index (χ1) is 12.2. The molecule has 16 heteroatoms. The number of halogens is 13. The summed E-state index contributed by atoms with van der Waals surface area (Å²) >= 11 is 0. The van der Waals surface area contributed by atoms with Crippen molar-refractivity contribution in [1.29, 1.82) is 0 Å². The molecular weight excluding hydrogens is 437 g/mol. The lowest BCUT2D eigenvalue weighted by molar-refractivity contribution is -0.441. The van der Waals surface area contributed by atoms with Crippen LogP contribution in [0.15, 0.2) is 24.3 Å². The fourth-order valence-electron chi connectivity index (χ4n) is 1.77. The van der Waals surface area contributed by atoms with Crippen LogP contribution in [0, 0.1) is 10.1 Å². The van der Waals surface area contributed by atoms with Crippen LogP contribution in [0.25, 0.3) is 0 Å². The average molecular weight is 441 g/mol. The molecule has 0 atom stereocenters. The van der Waals surface area contributed by atoms with Gasteiger partial charge < -0.3 is 0 Å². The lowest BCUT2D eigenvalue weighted by Crippen LogP contribution is -2.69. The third kappa shape index (κ3) is 3.11. The maximum Gasteiger partial charge on any atom is 0.460 e. The Labute approximate surface area is 144 Å². The van der Waals surface area contributed by atoms with Gasteiger partial charge >= 0.3 is 35.8 Å². The molecule has 0 unspecified atom stereocenters. The summed E-state index contributed by atoms with van der Waals surface area (Å²) in [7, 11) is 0. The van der Waals surface area contributed by atoms with Crippen LogP contribution >= 0.6 is 0 Å². The van der Waals surface area contributed by atoms with Crippen LogP contribution in [0.1, 0.15) is 5.56 Å². The second-order valence-corrected chi connectivity index (χ2v) is 5.18. The van der Waals surface area contributed by atoms with Gasteiger partial charge in [-0.2, -0.15) is 57.1 Å². The second kappa shape index (κ2) is 6.37. The lowest BCUT2D eigenvalue weighted by atomic mass is 9.90. The molecule has 0 aromatic heterocycles. The second-order valence-electron chi connectivity index (χ2n) is 5.18. The molecule has 160 valence electrons. The predicted octanol–water partition coefficient (Wildman–Crippen LogP) is 5.79. The number of hydrogen-bond donors (Lipinski definition) is 0. The summed E-state index contributed by atoms with van der Waals surface area (Å²) in [5.41, 5.74) is -3.82. The van der Waals surface area contributed by atoms with Crippen LogP contribution in [-0.4, -0.2) is 34.8 Å². The Bertz CT molecular complexity index is 756. The standard InChI is InChI=1S/C12H4F13NO2/c13-7(14,5-2-1-3-6(4-5)26(27)28)8(15,16)9(17,18)10(19,20)11(21,22)12(23,24)25/h1-4H. The smallest absolute Gasteiger partial charge is 0.258 e. The average Bonchev–Trinajstić information content (AvgIpc) is 2.53. The Morgan fingerprint density at radius 2 is 1.11 bits per heavy atom. The maximum absolute atomic E-state index is 13.8. The van der Waals surface area contributed by atoms with E-state index in [-0.39, 0.29) is 12.1 Å². The SMILES string of the molecule is O=[N+]([O-])c1cccc(C(F)(F)C(F)(F)C(F)(F)C(F)(F)C(F)(F)C(F)(F)F)c1. The number of hydrogen-bond acceptors (Lipinski definition) is 2. The van der Waals surface area contributed by atoms with Gasteiger partial charge in [-0.3, -0.25) is 10.1 Å². The van der Waals surface area contributed by atoms with Crippen molar-refractivity contribution < 1.29 is 62.0 Å². The van der Waals surface area contributed by atoms with Gasteiger partial charge in [0, 0.05) is 17.7 Å². The fourth-order valence-corrected chi connectivity index (χ4v) is 1.77. The van der Waals surface area contributed by atoms with E-state index in [2.05, 4.69) is 0 Å². The van der Waals surface area contributed by atoms with Gasteiger partial charge in [-0.25, -0.2) is 0 Å². The van der Waals surface area contributed by atoms with Gasteiger partial charge in [-0.1, -0.05) is 12.1 Å². The van der Waals surface area contributed by atoms with E-state index in [1.807, 2.05) is 0 Å². The van der Waals surface area contributed by atoms with Gasteiger partial charge in [0.25, 0.3) is 5.69 Å². The number of non-ortho nitro benzene ring substituents is 1. The molecule has 0 radical (unpaired) electrons. The molecule has 0 fully saturated rings. The van der Waals surface area contributed by atoms with Crippen molar-refractivity contribution in [2.24, 2.45) is 0 Å². The van der Waals surface area contributed by atoms with Crippen LogP contribution in [0.3, 0.4) is 0 Å². The number of alkyl halides is 13. The molecule has 1 aromatic carbocycles. The van der Waals surface area contributed by atoms with E-state index >= 15 is 0 Å². The molecule has 0 spiro atoms. The number of nitrogens with zero attached hydrogens (tertiary/aromatic N) is 1. The highest BCUT2D eigenvalue weighted by Crippen LogP contribution is 2.62. The van der Waals surface area contributed by atoms with E-state index in [4.69, 9.17) is 0 Å². The van der Waals surface area contributed by atoms with E-state index < -0.39 is 58.0 Å².